The van der Waals surface area contributed by atoms with Crippen LogP contribution in [0.2, 0.25) is 0 Å². The van der Waals surface area contributed by atoms with Gasteiger partial charge in [0.1, 0.15) is 0 Å². The normalized spacial score (nSPS) is 11.4. The lowest BCUT2D eigenvalue weighted by Crippen LogP contribution is -1.98. The highest BCUT2D eigenvalue weighted by molar-refractivity contribution is 5.65. The molecule has 18 heavy (non-hydrogen) atoms. The third kappa shape index (κ3) is 14.9. The Labute approximate surface area is 112 Å². The molecule has 0 saturated heterocycles. The molecule has 0 aliphatic carbocycles. The molecular formula is C16H28O2. The first-order valence-corrected chi connectivity index (χ1v) is 7.20. The standard InChI is InChI=1S/C16H28O2/c1-3-4-5-6-7-8-9-10-11-12-13-14-15-18-16(2)17/h8-9,12-13H,3-7,10-11,14-15H2,1-2H3. The fraction of sp³-hybridized carbons (Fsp3) is 0.688. The minimum Gasteiger partial charge on any atom is -0.466 e. The fourth-order valence-corrected chi connectivity index (χ4v) is 1.62. The summed E-state index contributed by atoms with van der Waals surface area (Å²) < 4.78 is 4.83. The van der Waals surface area contributed by atoms with Crippen molar-refractivity contribution in [1.29, 1.82) is 0 Å². The molecule has 0 spiro atoms. The summed E-state index contributed by atoms with van der Waals surface area (Å²) in [4.78, 5) is 10.5. The molecule has 0 saturated carbocycles. The molecule has 0 fully saturated rings. The van der Waals surface area contributed by atoms with Gasteiger partial charge in [0.2, 0.25) is 0 Å². The summed E-state index contributed by atoms with van der Waals surface area (Å²) in [6, 6.07) is 0. The first-order valence-electron chi connectivity index (χ1n) is 7.20. The van der Waals surface area contributed by atoms with E-state index in [1.165, 1.54) is 39.0 Å². The van der Waals surface area contributed by atoms with Gasteiger partial charge in [0.05, 0.1) is 6.61 Å². The first kappa shape index (κ1) is 16.9. The van der Waals surface area contributed by atoms with Crippen LogP contribution in [-0.4, -0.2) is 12.6 Å². The maximum atomic E-state index is 10.5. The number of ether oxygens (including phenoxy) is 1. The third-order valence-electron chi connectivity index (χ3n) is 2.65. The van der Waals surface area contributed by atoms with Crippen molar-refractivity contribution < 1.29 is 9.53 Å². The van der Waals surface area contributed by atoms with E-state index in [9.17, 15) is 4.79 Å². The van der Waals surface area contributed by atoms with Crippen molar-refractivity contribution in [2.75, 3.05) is 6.61 Å². The maximum absolute atomic E-state index is 10.5. The van der Waals surface area contributed by atoms with E-state index in [4.69, 9.17) is 4.74 Å². The minimum absolute atomic E-state index is 0.200. The van der Waals surface area contributed by atoms with E-state index >= 15 is 0 Å². The zero-order valence-electron chi connectivity index (χ0n) is 12.0. The SMILES string of the molecule is CCCCCCC=CCCC=CCCOC(C)=O. The molecule has 0 bridgehead atoms. The topological polar surface area (TPSA) is 26.3 Å². The molecule has 104 valence electrons. The highest BCUT2D eigenvalue weighted by atomic mass is 16.5. The van der Waals surface area contributed by atoms with E-state index in [2.05, 4.69) is 31.2 Å². The summed E-state index contributed by atoms with van der Waals surface area (Å²) in [5, 5.41) is 0. The molecule has 0 heterocycles. The monoisotopic (exact) mass is 252 g/mol. The zero-order valence-corrected chi connectivity index (χ0v) is 12.0. The van der Waals surface area contributed by atoms with Gasteiger partial charge < -0.3 is 4.74 Å². The highest BCUT2D eigenvalue weighted by Gasteiger charge is 1.88. The molecule has 0 aromatic heterocycles. The molecule has 2 heteroatoms. The van der Waals surface area contributed by atoms with Gasteiger partial charge >= 0.3 is 5.97 Å². The predicted octanol–water partition coefficient (Wildman–Crippen LogP) is 4.80. The lowest BCUT2D eigenvalue weighted by molar-refractivity contribution is -0.140. The lowest BCUT2D eigenvalue weighted by atomic mass is 10.1. The average Bonchev–Trinajstić information content (AvgIpc) is 2.34. The quantitative estimate of drug-likeness (QED) is 0.300. The molecule has 0 unspecified atom stereocenters. The summed E-state index contributed by atoms with van der Waals surface area (Å²) in [5.74, 6) is -0.200. The second-order valence-electron chi connectivity index (χ2n) is 4.50. The average molecular weight is 252 g/mol. The molecule has 0 aromatic rings. The number of hydrogen-bond donors (Lipinski definition) is 0. The Morgan fingerprint density at radius 3 is 2.11 bits per heavy atom. The molecule has 2 nitrogen and oxygen atoms in total. The van der Waals surface area contributed by atoms with Crippen LogP contribution < -0.4 is 0 Å². The Morgan fingerprint density at radius 1 is 0.889 bits per heavy atom. The van der Waals surface area contributed by atoms with Crippen LogP contribution in [0.3, 0.4) is 0 Å². The van der Waals surface area contributed by atoms with Crippen molar-refractivity contribution >= 4 is 5.97 Å². The Hall–Kier alpha value is -1.05. The van der Waals surface area contributed by atoms with Gasteiger partial charge in [-0.05, 0) is 32.1 Å². The molecule has 0 aliphatic rings. The molecule has 0 amide bonds. The van der Waals surface area contributed by atoms with Crippen LogP contribution in [0.1, 0.15) is 65.2 Å². The van der Waals surface area contributed by atoms with Crippen molar-refractivity contribution in [1.82, 2.24) is 0 Å². The molecule has 0 aromatic carbocycles. The Balaban J connectivity index is 3.20. The van der Waals surface area contributed by atoms with Gasteiger partial charge in [-0.25, -0.2) is 0 Å². The largest absolute Gasteiger partial charge is 0.466 e. The molecule has 0 radical (unpaired) electrons. The van der Waals surface area contributed by atoms with Gasteiger partial charge in [-0.2, -0.15) is 0 Å². The van der Waals surface area contributed by atoms with Crippen LogP contribution in [0.5, 0.6) is 0 Å². The molecule has 0 aliphatic heterocycles. The number of unbranched alkanes of at least 4 members (excludes halogenated alkanes) is 5. The van der Waals surface area contributed by atoms with E-state index < -0.39 is 0 Å². The van der Waals surface area contributed by atoms with Crippen LogP contribution in [0.25, 0.3) is 0 Å². The number of hydrogen-bond acceptors (Lipinski definition) is 2. The summed E-state index contributed by atoms with van der Waals surface area (Å²) in [7, 11) is 0. The van der Waals surface area contributed by atoms with Gasteiger partial charge in [-0.1, -0.05) is 50.5 Å². The van der Waals surface area contributed by atoms with Crippen molar-refractivity contribution in [3.05, 3.63) is 24.3 Å². The summed E-state index contributed by atoms with van der Waals surface area (Å²) in [6.45, 7) is 4.18. The Morgan fingerprint density at radius 2 is 1.50 bits per heavy atom. The van der Waals surface area contributed by atoms with E-state index in [0.717, 1.165) is 19.3 Å². The van der Waals surface area contributed by atoms with Gasteiger partial charge in [-0.3, -0.25) is 4.79 Å². The number of carbonyl (C=O) groups is 1. The summed E-state index contributed by atoms with van der Waals surface area (Å²) >= 11 is 0. The fourth-order valence-electron chi connectivity index (χ4n) is 1.62. The number of carbonyl (C=O) groups excluding carboxylic acids is 1. The van der Waals surface area contributed by atoms with Crippen LogP contribution in [0.15, 0.2) is 24.3 Å². The van der Waals surface area contributed by atoms with Crippen LogP contribution in [-0.2, 0) is 9.53 Å². The Kier molecular flexibility index (Phi) is 13.2. The van der Waals surface area contributed by atoms with Gasteiger partial charge in [0.15, 0.2) is 0 Å². The summed E-state index contributed by atoms with van der Waals surface area (Å²) in [5.41, 5.74) is 0. The van der Waals surface area contributed by atoms with Crippen molar-refractivity contribution in [2.45, 2.75) is 65.2 Å². The first-order chi connectivity index (χ1) is 8.77. The van der Waals surface area contributed by atoms with Crippen LogP contribution >= 0.6 is 0 Å². The highest BCUT2D eigenvalue weighted by Crippen LogP contribution is 2.04. The lowest BCUT2D eigenvalue weighted by Gasteiger charge is -1.96. The van der Waals surface area contributed by atoms with Crippen molar-refractivity contribution in [2.24, 2.45) is 0 Å². The van der Waals surface area contributed by atoms with Gasteiger partial charge in [0.25, 0.3) is 0 Å². The predicted molar refractivity (Wildman–Crippen MR) is 77.5 cm³/mol. The van der Waals surface area contributed by atoms with E-state index in [-0.39, 0.29) is 5.97 Å². The van der Waals surface area contributed by atoms with Gasteiger partial charge in [0, 0.05) is 6.92 Å². The molecule has 0 N–H and O–H groups in total. The minimum atomic E-state index is -0.200. The van der Waals surface area contributed by atoms with Crippen LogP contribution in [0.4, 0.5) is 0 Å². The number of allylic oxidation sites excluding steroid dienone is 3. The molecule has 0 atom stereocenters. The third-order valence-corrected chi connectivity index (χ3v) is 2.65. The number of esters is 1. The smallest absolute Gasteiger partial charge is 0.302 e. The molecule has 0 rings (SSSR count). The van der Waals surface area contributed by atoms with Crippen LogP contribution in [0, 0.1) is 0 Å². The maximum Gasteiger partial charge on any atom is 0.302 e. The van der Waals surface area contributed by atoms with Gasteiger partial charge in [-0.15, -0.1) is 0 Å². The van der Waals surface area contributed by atoms with E-state index in [1.54, 1.807) is 0 Å². The van der Waals surface area contributed by atoms with Crippen molar-refractivity contribution in [3.8, 4) is 0 Å². The zero-order chi connectivity index (χ0) is 13.5. The summed E-state index contributed by atoms with van der Waals surface area (Å²) in [6.07, 6.45) is 18.4. The van der Waals surface area contributed by atoms with E-state index in [0.29, 0.717) is 6.61 Å². The second kappa shape index (κ2) is 14.0. The number of rotatable bonds is 11. The van der Waals surface area contributed by atoms with E-state index in [1.807, 2.05) is 0 Å². The second-order valence-corrected chi connectivity index (χ2v) is 4.50. The molecular weight excluding hydrogens is 224 g/mol. The Bertz CT molecular complexity index is 241. The van der Waals surface area contributed by atoms with Crippen molar-refractivity contribution in [3.63, 3.8) is 0 Å².